The van der Waals surface area contributed by atoms with Gasteiger partial charge in [0.1, 0.15) is 5.82 Å². The molecule has 0 saturated carbocycles. The van der Waals surface area contributed by atoms with Crippen LogP contribution in [0.5, 0.6) is 0 Å². The number of nitrogens with zero attached hydrogens (tertiary/aromatic N) is 2. The number of H-pyrrole nitrogens is 1. The number of aromatic nitrogens is 3. The van der Waals surface area contributed by atoms with E-state index in [0.29, 0.717) is 12.0 Å². The summed E-state index contributed by atoms with van der Waals surface area (Å²) in [6.07, 6.45) is 5.24. The van der Waals surface area contributed by atoms with Gasteiger partial charge in [0.05, 0.1) is 11.2 Å². The van der Waals surface area contributed by atoms with Crippen molar-refractivity contribution >= 4 is 10.9 Å². The van der Waals surface area contributed by atoms with E-state index in [0.717, 1.165) is 54.6 Å². The smallest absolute Gasteiger partial charge is 0.125 e. The van der Waals surface area contributed by atoms with Crippen molar-refractivity contribution in [3.8, 4) is 0 Å². The highest BCUT2D eigenvalue weighted by Gasteiger charge is 2.27. The van der Waals surface area contributed by atoms with Crippen molar-refractivity contribution < 1.29 is 4.39 Å². The average Bonchev–Trinajstić information content (AvgIpc) is 3.19. The highest BCUT2D eigenvalue weighted by Crippen LogP contribution is 2.32. The topological polar surface area (TPSA) is 45.6 Å². The summed E-state index contributed by atoms with van der Waals surface area (Å²) in [7, 11) is 0. The average molecular weight is 326 g/mol. The fourth-order valence-corrected chi connectivity index (χ4v) is 3.92. The van der Waals surface area contributed by atoms with Crippen molar-refractivity contribution in [2.75, 3.05) is 13.1 Å². The van der Waals surface area contributed by atoms with Gasteiger partial charge < -0.3 is 9.88 Å². The molecule has 0 bridgehead atoms. The Morgan fingerprint density at radius 1 is 1.29 bits per heavy atom. The molecule has 2 unspecified atom stereocenters. The second kappa shape index (κ2) is 6.40. The molecule has 4 rings (SSSR count). The number of rotatable bonds is 4. The second-order valence-electron chi connectivity index (χ2n) is 6.83. The van der Waals surface area contributed by atoms with Gasteiger partial charge in [-0.2, -0.15) is 5.10 Å². The number of hydrogen-bond donors (Lipinski definition) is 2. The van der Waals surface area contributed by atoms with E-state index in [4.69, 9.17) is 0 Å². The Hall–Kier alpha value is -2.14. The number of benzene rings is 1. The van der Waals surface area contributed by atoms with Crippen LogP contribution in [-0.2, 0) is 6.42 Å². The van der Waals surface area contributed by atoms with Crippen LogP contribution in [-0.4, -0.2) is 27.9 Å². The van der Waals surface area contributed by atoms with Crippen molar-refractivity contribution in [1.82, 2.24) is 20.1 Å². The molecule has 1 aliphatic rings. The summed E-state index contributed by atoms with van der Waals surface area (Å²) in [5.41, 5.74) is 3.23. The summed E-state index contributed by atoms with van der Waals surface area (Å²) in [6, 6.07) is 9.67. The zero-order valence-electron chi connectivity index (χ0n) is 13.9. The maximum absolute atomic E-state index is 13.7. The van der Waals surface area contributed by atoms with Crippen LogP contribution >= 0.6 is 0 Å². The minimum Gasteiger partial charge on any atom is -0.344 e. The van der Waals surface area contributed by atoms with Gasteiger partial charge in [-0.15, -0.1) is 0 Å². The lowest BCUT2D eigenvalue weighted by Gasteiger charge is -2.34. The van der Waals surface area contributed by atoms with Crippen molar-refractivity contribution in [3.05, 3.63) is 53.7 Å². The third-order valence-electron chi connectivity index (χ3n) is 5.14. The largest absolute Gasteiger partial charge is 0.344 e. The molecule has 3 heterocycles. The Labute approximate surface area is 141 Å². The Bertz CT molecular complexity index is 835. The monoisotopic (exact) mass is 326 g/mol. The quantitative estimate of drug-likeness (QED) is 0.769. The SMILES string of the molecule is Cc1cc(CCC2CNCCC2n2ccc3ccc(F)cc32)n[nH]1. The molecule has 0 radical (unpaired) electrons. The second-order valence-corrected chi connectivity index (χ2v) is 6.83. The molecule has 1 fully saturated rings. The zero-order chi connectivity index (χ0) is 16.5. The molecule has 4 nitrogen and oxygen atoms in total. The van der Waals surface area contributed by atoms with E-state index in [1.807, 2.05) is 13.0 Å². The maximum atomic E-state index is 13.7. The predicted molar refractivity (Wildman–Crippen MR) is 93.6 cm³/mol. The number of halogens is 1. The first-order valence-electron chi connectivity index (χ1n) is 8.68. The highest BCUT2D eigenvalue weighted by molar-refractivity contribution is 5.80. The van der Waals surface area contributed by atoms with Crippen LogP contribution in [0.2, 0.25) is 0 Å². The fourth-order valence-electron chi connectivity index (χ4n) is 3.92. The molecule has 24 heavy (non-hydrogen) atoms. The van der Waals surface area contributed by atoms with Crippen molar-refractivity contribution in [2.24, 2.45) is 5.92 Å². The molecule has 1 aliphatic heterocycles. The van der Waals surface area contributed by atoms with E-state index in [-0.39, 0.29) is 5.82 Å². The molecule has 5 heteroatoms. The molecule has 126 valence electrons. The van der Waals surface area contributed by atoms with Crippen molar-refractivity contribution in [3.63, 3.8) is 0 Å². The molecule has 0 spiro atoms. The van der Waals surface area contributed by atoms with Crippen LogP contribution in [0.15, 0.2) is 36.5 Å². The van der Waals surface area contributed by atoms with Crippen LogP contribution in [0, 0.1) is 18.7 Å². The number of aromatic amines is 1. The third kappa shape index (κ3) is 2.96. The van der Waals surface area contributed by atoms with Crippen LogP contribution < -0.4 is 5.32 Å². The summed E-state index contributed by atoms with van der Waals surface area (Å²) in [5, 5.41) is 12.0. The van der Waals surface area contributed by atoms with E-state index in [1.165, 1.54) is 6.07 Å². The number of nitrogens with one attached hydrogen (secondary N) is 2. The Morgan fingerprint density at radius 2 is 2.21 bits per heavy atom. The zero-order valence-corrected chi connectivity index (χ0v) is 13.9. The van der Waals surface area contributed by atoms with Gasteiger partial charge in [0.25, 0.3) is 0 Å². The van der Waals surface area contributed by atoms with E-state index in [9.17, 15) is 4.39 Å². The Morgan fingerprint density at radius 3 is 3.04 bits per heavy atom. The van der Waals surface area contributed by atoms with Gasteiger partial charge in [-0.05, 0) is 80.9 Å². The van der Waals surface area contributed by atoms with Gasteiger partial charge in [0, 0.05) is 17.9 Å². The molecule has 0 aliphatic carbocycles. The summed E-state index contributed by atoms with van der Waals surface area (Å²) >= 11 is 0. The number of aryl methyl sites for hydroxylation is 2. The van der Waals surface area contributed by atoms with Crippen LogP contribution in [0.1, 0.15) is 30.3 Å². The van der Waals surface area contributed by atoms with Gasteiger partial charge in [0.15, 0.2) is 0 Å². The van der Waals surface area contributed by atoms with E-state index in [2.05, 4.69) is 38.4 Å². The van der Waals surface area contributed by atoms with E-state index >= 15 is 0 Å². The molecular formula is C19H23FN4. The first-order chi connectivity index (χ1) is 11.7. The molecule has 2 aromatic heterocycles. The predicted octanol–water partition coefficient (Wildman–Crippen LogP) is 3.60. The van der Waals surface area contributed by atoms with E-state index in [1.54, 1.807) is 6.07 Å². The lowest BCUT2D eigenvalue weighted by Crippen LogP contribution is -2.38. The molecule has 0 amide bonds. The maximum Gasteiger partial charge on any atom is 0.125 e. The first kappa shape index (κ1) is 15.4. The summed E-state index contributed by atoms with van der Waals surface area (Å²) < 4.78 is 16.0. The van der Waals surface area contributed by atoms with Gasteiger partial charge >= 0.3 is 0 Å². The van der Waals surface area contributed by atoms with Crippen LogP contribution in [0.25, 0.3) is 10.9 Å². The molecular weight excluding hydrogens is 303 g/mol. The van der Waals surface area contributed by atoms with Gasteiger partial charge in [-0.3, -0.25) is 5.10 Å². The molecule has 3 aromatic rings. The summed E-state index contributed by atoms with van der Waals surface area (Å²) in [6.45, 7) is 4.04. The lowest BCUT2D eigenvalue weighted by molar-refractivity contribution is 0.247. The van der Waals surface area contributed by atoms with Gasteiger partial charge in [-0.1, -0.05) is 0 Å². The minimum absolute atomic E-state index is 0.167. The lowest BCUT2D eigenvalue weighted by atomic mass is 9.88. The fraction of sp³-hybridized carbons (Fsp3) is 0.421. The number of fused-ring (bicyclic) bond motifs is 1. The Balaban J connectivity index is 1.57. The third-order valence-corrected chi connectivity index (χ3v) is 5.14. The normalized spacial score (nSPS) is 21.4. The van der Waals surface area contributed by atoms with Crippen LogP contribution in [0.4, 0.5) is 4.39 Å². The van der Waals surface area contributed by atoms with E-state index < -0.39 is 0 Å². The molecule has 2 atom stereocenters. The number of piperidine rings is 1. The minimum atomic E-state index is -0.167. The first-order valence-corrected chi connectivity index (χ1v) is 8.68. The van der Waals surface area contributed by atoms with Gasteiger partial charge in [-0.25, -0.2) is 4.39 Å². The van der Waals surface area contributed by atoms with Gasteiger partial charge in [0.2, 0.25) is 0 Å². The summed E-state index contributed by atoms with van der Waals surface area (Å²) in [5.74, 6) is 0.356. The molecule has 1 aromatic carbocycles. The summed E-state index contributed by atoms with van der Waals surface area (Å²) in [4.78, 5) is 0. The molecule has 2 N–H and O–H groups in total. The number of hydrogen-bond acceptors (Lipinski definition) is 2. The van der Waals surface area contributed by atoms with Crippen molar-refractivity contribution in [2.45, 2.75) is 32.2 Å². The van der Waals surface area contributed by atoms with Crippen LogP contribution in [0.3, 0.4) is 0 Å². The molecule has 1 saturated heterocycles. The standard InChI is InChI=1S/C19H23FN4/c1-13-10-17(23-22-13)5-3-15-12-21-8-6-18(15)24-9-7-14-2-4-16(20)11-19(14)24/h2,4,7,9-11,15,18,21H,3,5-6,8,12H2,1H3,(H,22,23). The van der Waals surface area contributed by atoms with Crippen molar-refractivity contribution in [1.29, 1.82) is 0 Å². The highest BCUT2D eigenvalue weighted by atomic mass is 19.1. The Kier molecular flexibility index (Phi) is 4.10.